The monoisotopic (exact) mass is 368 g/mol. The van der Waals surface area contributed by atoms with Crippen LogP contribution in [0.1, 0.15) is 26.7 Å². The van der Waals surface area contributed by atoms with Gasteiger partial charge in [-0.05, 0) is 27.9 Å². The second kappa shape index (κ2) is 7.57. The first-order valence-electron chi connectivity index (χ1n) is 6.15. The minimum Gasteiger partial charge on any atom is -0.262 e. The Morgan fingerprint density at radius 2 is 2.00 bits per heavy atom. The van der Waals surface area contributed by atoms with E-state index in [1.807, 2.05) is 0 Å². The Hall–Kier alpha value is -0.170. The Morgan fingerprint density at radius 1 is 1.37 bits per heavy atom. The fraction of sp³-hybridized carbons (Fsp3) is 0.583. The van der Waals surface area contributed by atoms with Crippen molar-refractivity contribution in [3.05, 3.63) is 22.9 Å². The van der Waals surface area contributed by atoms with Crippen molar-refractivity contribution in [3.63, 3.8) is 0 Å². The van der Waals surface area contributed by atoms with Gasteiger partial charge >= 0.3 is 0 Å². The van der Waals surface area contributed by atoms with Crippen LogP contribution in [0.3, 0.4) is 0 Å². The number of aromatic nitrogens is 1. The number of rotatable bonds is 7. The first kappa shape index (κ1) is 16.9. The maximum Gasteiger partial charge on any atom is 0.242 e. The average molecular weight is 370 g/mol. The highest BCUT2D eigenvalue weighted by Crippen LogP contribution is 2.19. The maximum absolute atomic E-state index is 12.1. The van der Waals surface area contributed by atoms with Gasteiger partial charge in [0.25, 0.3) is 0 Å². The molecule has 0 radical (unpaired) electrons. The molecule has 0 aliphatic rings. The highest BCUT2D eigenvalue weighted by Gasteiger charge is 2.20. The number of halogens is 2. The van der Waals surface area contributed by atoms with E-state index < -0.39 is 10.0 Å². The largest absolute Gasteiger partial charge is 0.262 e. The smallest absolute Gasteiger partial charge is 0.242 e. The van der Waals surface area contributed by atoms with Crippen LogP contribution in [0.4, 0.5) is 0 Å². The molecule has 0 amide bonds. The summed E-state index contributed by atoms with van der Waals surface area (Å²) in [6.07, 6.45) is 4.72. The van der Waals surface area contributed by atoms with Crippen LogP contribution in [0, 0.1) is 5.92 Å². The summed E-state index contributed by atoms with van der Waals surface area (Å²) in [6, 6.07) is 1.51. The lowest BCUT2D eigenvalue weighted by atomic mass is 9.99. The number of sulfonamides is 1. The van der Waals surface area contributed by atoms with Gasteiger partial charge < -0.3 is 0 Å². The second-order valence-electron chi connectivity index (χ2n) is 4.28. The number of hydrogen-bond acceptors (Lipinski definition) is 3. The molecule has 1 atom stereocenters. The van der Waals surface area contributed by atoms with Gasteiger partial charge in [0.2, 0.25) is 10.0 Å². The van der Waals surface area contributed by atoms with E-state index in [-0.39, 0.29) is 16.8 Å². The predicted octanol–water partition coefficient (Wildman–Crippen LogP) is 3.17. The molecule has 0 aliphatic heterocycles. The van der Waals surface area contributed by atoms with Crippen molar-refractivity contribution in [2.75, 3.05) is 6.54 Å². The van der Waals surface area contributed by atoms with Crippen molar-refractivity contribution in [2.24, 2.45) is 5.92 Å². The van der Waals surface area contributed by atoms with E-state index in [0.717, 1.165) is 12.8 Å². The average Bonchev–Trinajstić information content (AvgIpc) is 2.38. The number of nitrogens with one attached hydrogen (secondary N) is 1. The fourth-order valence-corrected chi connectivity index (χ4v) is 3.87. The van der Waals surface area contributed by atoms with Crippen molar-refractivity contribution in [1.82, 2.24) is 9.71 Å². The molecule has 1 unspecified atom stereocenters. The number of alkyl halides is 1. The van der Waals surface area contributed by atoms with Gasteiger partial charge in [0, 0.05) is 28.8 Å². The molecule has 1 aromatic heterocycles. The zero-order valence-electron chi connectivity index (χ0n) is 10.9. The molecule has 0 aromatic carbocycles. The predicted molar refractivity (Wildman–Crippen MR) is 80.8 cm³/mol. The summed E-state index contributed by atoms with van der Waals surface area (Å²) in [5.74, 6) is 0.310. The van der Waals surface area contributed by atoms with Gasteiger partial charge in [-0.3, -0.25) is 4.98 Å². The topological polar surface area (TPSA) is 59.1 Å². The Morgan fingerprint density at radius 3 is 2.53 bits per heavy atom. The lowest BCUT2D eigenvalue weighted by molar-refractivity contribution is 0.460. The molecule has 0 fully saturated rings. The zero-order chi connectivity index (χ0) is 14.5. The molecule has 1 rings (SSSR count). The summed E-state index contributed by atoms with van der Waals surface area (Å²) >= 11 is 9.42. The zero-order valence-corrected chi connectivity index (χ0v) is 14.1. The normalized spacial score (nSPS) is 13.7. The van der Waals surface area contributed by atoms with Crippen LogP contribution in [0.25, 0.3) is 0 Å². The lowest BCUT2D eigenvalue weighted by Crippen LogP contribution is -2.33. The molecule has 0 spiro atoms. The standard InChI is InChI=1S/C12H18BrClN2O2S/c1-3-9(4-2)12(14)8-16-19(17,18)11-5-10(13)6-15-7-11/h5-7,9,12,16H,3-4,8H2,1-2H3. The highest BCUT2D eigenvalue weighted by atomic mass is 79.9. The molecule has 0 saturated carbocycles. The minimum absolute atomic E-state index is 0.135. The number of hydrogen-bond donors (Lipinski definition) is 1. The Labute approximate surface area is 128 Å². The third-order valence-corrected chi connectivity index (χ3v) is 5.35. The third kappa shape index (κ3) is 5.02. The number of nitrogens with zero attached hydrogens (tertiary/aromatic N) is 1. The second-order valence-corrected chi connectivity index (χ2v) is 7.53. The van der Waals surface area contributed by atoms with Gasteiger partial charge in [0.05, 0.1) is 0 Å². The molecule has 19 heavy (non-hydrogen) atoms. The van der Waals surface area contributed by atoms with Crippen LogP contribution in [0.15, 0.2) is 27.8 Å². The van der Waals surface area contributed by atoms with Crippen molar-refractivity contribution < 1.29 is 8.42 Å². The van der Waals surface area contributed by atoms with Crippen LogP contribution >= 0.6 is 27.5 Å². The molecular formula is C12H18BrClN2O2S. The van der Waals surface area contributed by atoms with Crippen molar-refractivity contribution in [3.8, 4) is 0 Å². The quantitative estimate of drug-likeness (QED) is 0.751. The lowest BCUT2D eigenvalue weighted by Gasteiger charge is -2.19. The molecule has 1 heterocycles. The summed E-state index contributed by atoms with van der Waals surface area (Å²) in [5.41, 5.74) is 0. The van der Waals surface area contributed by atoms with E-state index in [1.54, 1.807) is 0 Å². The molecule has 108 valence electrons. The summed E-state index contributed by atoms with van der Waals surface area (Å²) in [5, 5.41) is -0.204. The first-order valence-corrected chi connectivity index (χ1v) is 8.86. The maximum atomic E-state index is 12.1. The van der Waals surface area contributed by atoms with Crippen molar-refractivity contribution in [1.29, 1.82) is 0 Å². The Kier molecular flexibility index (Phi) is 6.73. The van der Waals surface area contributed by atoms with Crippen LogP contribution in [0.5, 0.6) is 0 Å². The molecule has 1 N–H and O–H groups in total. The van der Waals surface area contributed by atoms with Gasteiger partial charge in [-0.15, -0.1) is 11.6 Å². The van der Waals surface area contributed by atoms with Crippen molar-refractivity contribution in [2.45, 2.75) is 37.0 Å². The molecule has 0 bridgehead atoms. The Balaban J connectivity index is 2.71. The van der Waals surface area contributed by atoms with E-state index in [9.17, 15) is 8.42 Å². The van der Waals surface area contributed by atoms with E-state index >= 15 is 0 Å². The molecule has 0 saturated heterocycles. The molecule has 1 aromatic rings. The SMILES string of the molecule is CCC(CC)C(Cl)CNS(=O)(=O)c1cncc(Br)c1. The van der Waals surface area contributed by atoms with Gasteiger partial charge in [0.1, 0.15) is 4.90 Å². The van der Waals surface area contributed by atoms with Gasteiger partial charge in [-0.1, -0.05) is 26.7 Å². The van der Waals surface area contributed by atoms with Crippen LogP contribution < -0.4 is 4.72 Å². The summed E-state index contributed by atoms with van der Waals surface area (Å²) < 4.78 is 27.3. The van der Waals surface area contributed by atoms with E-state index in [2.05, 4.69) is 39.5 Å². The number of pyridine rings is 1. The van der Waals surface area contributed by atoms with Gasteiger partial charge in [-0.25, -0.2) is 13.1 Å². The van der Waals surface area contributed by atoms with E-state index in [0.29, 0.717) is 10.4 Å². The molecular weight excluding hydrogens is 352 g/mol. The van der Waals surface area contributed by atoms with Gasteiger partial charge in [-0.2, -0.15) is 0 Å². The fourth-order valence-electron chi connectivity index (χ4n) is 1.78. The minimum atomic E-state index is -3.55. The molecule has 4 nitrogen and oxygen atoms in total. The first-order chi connectivity index (χ1) is 8.90. The summed E-state index contributed by atoms with van der Waals surface area (Å²) in [6.45, 7) is 4.33. The highest BCUT2D eigenvalue weighted by molar-refractivity contribution is 9.10. The summed E-state index contributed by atoms with van der Waals surface area (Å²) in [4.78, 5) is 3.98. The molecule has 7 heteroatoms. The summed E-state index contributed by atoms with van der Waals surface area (Å²) in [7, 11) is -3.55. The van der Waals surface area contributed by atoms with Gasteiger partial charge in [0.15, 0.2) is 0 Å². The van der Waals surface area contributed by atoms with E-state index in [1.165, 1.54) is 18.5 Å². The van der Waals surface area contributed by atoms with Crippen LogP contribution in [-0.4, -0.2) is 25.3 Å². The van der Waals surface area contributed by atoms with Crippen LogP contribution in [0.2, 0.25) is 0 Å². The third-order valence-electron chi connectivity index (χ3n) is 3.02. The Bertz CT molecular complexity index is 506. The molecule has 0 aliphatic carbocycles. The van der Waals surface area contributed by atoms with Crippen LogP contribution in [-0.2, 0) is 10.0 Å². The van der Waals surface area contributed by atoms with Crippen molar-refractivity contribution >= 4 is 37.6 Å². The van der Waals surface area contributed by atoms with E-state index in [4.69, 9.17) is 11.6 Å².